The van der Waals surface area contributed by atoms with Gasteiger partial charge in [-0.2, -0.15) is 0 Å². The molecule has 0 fully saturated rings. The number of rotatable bonds is 29. The van der Waals surface area contributed by atoms with Crippen LogP contribution in [-0.2, 0) is 63.8 Å². The molecule has 0 saturated carbocycles. The van der Waals surface area contributed by atoms with Crippen LogP contribution >= 0.6 is 15.2 Å². The van der Waals surface area contributed by atoms with Crippen LogP contribution in [0.5, 0.6) is 0 Å². The predicted octanol–water partition coefficient (Wildman–Crippen LogP) is -4.81. The highest BCUT2D eigenvalue weighted by atomic mass is 31.2. The number of nitrogens with zero attached hydrogens (tertiary/aromatic N) is 6. The Bertz CT molecular complexity index is 1920. The number of hydrogen-bond acceptors (Lipinski definition) is 15. The summed E-state index contributed by atoms with van der Waals surface area (Å²) in [6.45, 7) is 6.23. The van der Waals surface area contributed by atoms with Crippen molar-refractivity contribution in [3.8, 4) is 0 Å². The molecule has 2 aromatic heterocycles. The average Bonchev–Trinajstić information content (AvgIpc) is 3.84. The van der Waals surface area contributed by atoms with E-state index in [0.29, 0.717) is 19.3 Å². The monoisotopic (exact) mass is 935 g/mol. The Balaban J connectivity index is 2.33. The SMILES string of the molecule is CC(C)NC(=O)[C@H](Cc1cn(CCP(=O)(O)O)nn1)NC(=O)[C@H](CCCCN)NC(=O)[C@H](C)NC(=O)[C@H](Cc1cn(CCP(=O)(O)O)nn1)NC(=O)C(CCCN)NC(=O)[C@H](C)N. The van der Waals surface area contributed by atoms with E-state index in [1.54, 1.807) is 13.8 Å². The molecule has 356 valence electrons. The van der Waals surface area contributed by atoms with E-state index in [1.807, 2.05) is 0 Å². The van der Waals surface area contributed by atoms with Crippen LogP contribution < -0.4 is 49.1 Å². The van der Waals surface area contributed by atoms with Crippen molar-refractivity contribution in [2.24, 2.45) is 17.2 Å². The lowest BCUT2D eigenvalue weighted by molar-refractivity contribution is -0.135. The van der Waals surface area contributed by atoms with Crippen LogP contribution in [0.2, 0.25) is 0 Å². The minimum atomic E-state index is -4.39. The number of aryl methyl sites for hydroxylation is 2. The largest absolute Gasteiger partial charge is 0.352 e. The van der Waals surface area contributed by atoms with Gasteiger partial charge in [0.05, 0.1) is 42.8 Å². The highest BCUT2D eigenvalue weighted by Gasteiger charge is 2.32. The van der Waals surface area contributed by atoms with Gasteiger partial charge >= 0.3 is 15.2 Å². The number of nitrogens with two attached hydrogens (primary N) is 3. The molecule has 0 aliphatic rings. The average molecular weight is 936 g/mol. The molecule has 0 aliphatic heterocycles. The third kappa shape index (κ3) is 21.5. The minimum Gasteiger partial charge on any atom is -0.352 e. The minimum absolute atomic E-state index is 0.0696. The van der Waals surface area contributed by atoms with E-state index in [-0.39, 0.29) is 69.3 Å². The summed E-state index contributed by atoms with van der Waals surface area (Å²) in [6.07, 6.45) is 2.46. The topological polar surface area (TPSA) is 429 Å². The van der Waals surface area contributed by atoms with E-state index < -0.39 is 99.2 Å². The second-order valence-corrected chi connectivity index (χ2v) is 18.8. The van der Waals surface area contributed by atoms with Crippen LogP contribution in [0.15, 0.2) is 12.4 Å². The van der Waals surface area contributed by atoms with Crippen molar-refractivity contribution in [2.75, 3.05) is 25.4 Å². The highest BCUT2D eigenvalue weighted by molar-refractivity contribution is 7.52. The second kappa shape index (κ2) is 26.2. The zero-order valence-electron chi connectivity index (χ0n) is 35.8. The van der Waals surface area contributed by atoms with E-state index in [9.17, 15) is 57.5 Å². The van der Waals surface area contributed by atoms with Crippen LogP contribution in [0.1, 0.15) is 71.2 Å². The fourth-order valence-electron chi connectivity index (χ4n) is 5.65. The van der Waals surface area contributed by atoms with Crippen molar-refractivity contribution < 1.29 is 57.5 Å². The molecule has 2 aromatic rings. The summed E-state index contributed by atoms with van der Waals surface area (Å²) >= 11 is 0. The van der Waals surface area contributed by atoms with Gasteiger partial charge in [0.2, 0.25) is 35.4 Å². The molecule has 29 heteroatoms. The zero-order chi connectivity index (χ0) is 47.5. The maximum atomic E-state index is 13.9. The third-order valence-electron chi connectivity index (χ3n) is 9.01. The predicted molar refractivity (Wildman–Crippen MR) is 225 cm³/mol. The number of nitrogens with one attached hydrogen (secondary N) is 6. The van der Waals surface area contributed by atoms with Crippen molar-refractivity contribution in [3.63, 3.8) is 0 Å². The van der Waals surface area contributed by atoms with Crippen molar-refractivity contribution in [3.05, 3.63) is 23.8 Å². The Labute approximate surface area is 363 Å². The summed E-state index contributed by atoms with van der Waals surface area (Å²) in [7, 11) is -8.72. The standard InChI is InChI=1S/C34H63N15O12P2/c1-20(2)38-33(54)27(16-23-18-48(46-44-23)12-14-62(56,57)58)42-31(52)25(8-5-6-10-35)41-30(51)22(4)39-34(55)28(17-24-19-49(47-45-24)13-15-63(59,60)61)43-32(53)26(9-7-11-36)40-29(50)21(3)37/h18-22,25-28H,5-17,35-37H2,1-4H3,(H,38,54)(H,39,55)(H,40,50)(H,41,51)(H,42,52)(H,43,53)(H2,56,57,58)(H2,59,60,61)/t21-,22-,25-,26?,27-,28-/m0/s1. The summed E-state index contributed by atoms with van der Waals surface area (Å²) < 4.78 is 25.0. The Morgan fingerprint density at radius 2 is 0.984 bits per heavy atom. The molecular formula is C34H63N15O12P2. The summed E-state index contributed by atoms with van der Waals surface area (Å²) in [5.74, 6) is -4.51. The molecule has 0 spiro atoms. The van der Waals surface area contributed by atoms with Gasteiger partial charge in [0.1, 0.15) is 30.2 Å². The molecule has 27 nitrogen and oxygen atoms in total. The van der Waals surface area contributed by atoms with Gasteiger partial charge in [-0.05, 0) is 72.9 Å². The molecule has 6 atom stereocenters. The van der Waals surface area contributed by atoms with E-state index in [4.69, 9.17) is 17.2 Å². The number of aromatic nitrogens is 6. The highest BCUT2D eigenvalue weighted by Crippen LogP contribution is 2.34. The number of unbranched alkanes of at least 4 members (excludes halogenated alkanes) is 1. The molecular weight excluding hydrogens is 872 g/mol. The Morgan fingerprint density at radius 3 is 1.40 bits per heavy atom. The van der Waals surface area contributed by atoms with E-state index in [0.717, 1.165) is 4.68 Å². The van der Waals surface area contributed by atoms with E-state index in [2.05, 4.69) is 52.5 Å². The van der Waals surface area contributed by atoms with Gasteiger partial charge in [-0.15, -0.1) is 10.2 Å². The molecule has 2 rings (SSSR count). The Morgan fingerprint density at radius 1 is 0.587 bits per heavy atom. The molecule has 0 bridgehead atoms. The van der Waals surface area contributed by atoms with Gasteiger partial charge in [-0.1, -0.05) is 10.4 Å². The number of carbonyl (C=O) groups is 6. The van der Waals surface area contributed by atoms with Gasteiger partial charge in [-0.3, -0.25) is 47.3 Å². The van der Waals surface area contributed by atoms with Crippen LogP contribution in [-0.4, -0.2) is 153 Å². The summed E-state index contributed by atoms with van der Waals surface area (Å²) in [6, 6.07) is -7.74. The van der Waals surface area contributed by atoms with Crippen molar-refractivity contribution in [1.29, 1.82) is 0 Å². The number of carbonyl (C=O) groups excluding carboxylic acids is 6. The number of amides is 6. The van der Waals surface area contributed by atoms with Gasteiger partial charge in [0.25, 0.3) is 0 Å². The summed E-state index contributed by atoms with van der Waals surface area (Å²) in [5.41, 5.74) is 17.3. The lowest BCUT2D eigenvalue weighted by atomic mass is 10.1. The summed E-state index contributed by atoms with van der Waals surface area (Å²) in [5, 5.41) is 31.1. The maximum absolute atomic E-state index is 13.9. The van der Waals surface area contributed by atoms with Gasteiger partial charge in [0, 0.05) is 31.3 Å². The Hall–Kier alpha value is -4.72. The van der Waals surface area contributed by atoms with Gasteiger partial charge in [-0.25, -0.2) is 0 Å². The normalized spacial score (nSPS) is 14.7. The van der Waals surface area contributed by atoms with Crippen LogP contribution in [0.25, 0.3) is 0 Å². The third-order valence-corrected chi connectivity index (χ3v) is 10.6. The van der Waals surface area contributed by atoms with Crippen molar-refractivity contribution in [1.82, 2.24) is 61.9 Å². The lowest BCUT2D eigenvalue weighted by Crippen LogP contribution is -2.59. The molecule has 16 N–H and O–H groups in total. The molecule has 63 heavy (non-hydrogen) atoms. The second-order valence-electron chi connectivity index (χ2n) is 15.3. The van der Waals surface area contributed by atoms with E-state index in [1.165, 1.54) is 30.9 Å². The zero-order valence-corrected chi connectivity index (χ0v) is 37.5. The fraction of sp³-hybridized carbons (Fsp3) is 0.706. The molecule has 0 aliphatic carbocycles. The Kier molecular flexibility index (Phi) is 22.6. The molecule has 0 aromatic carbocycles. The van der Waals surface area contributed by atoms with E-state index >= 15 is 0 Å². The maximum Gasteiger partial charge on any atom is 0.327 e. The lowest BCUT2D eigenvalue weighted by Gasteiger charge is -2.26. The quantitative estimate of drug-likeness (QED) is 0.0269. The van der Waals surface area contributed by atoms with Gasteiger partial charge in [0.15, 0.2) is 0 Å². The summed E-state index contributed by atoms with van der Waals surface area (Å²) in [4.78, 5) is 118. The van der Waals surface area contributed by atoms with Crippen LogP contribution in [0.4, 0.5) is 0 Å². The fourth-order valence-corrected chi connectivity index (χ4v) is 6.58. The molecule has 0 saturated heterocycles. The van der Waals surface area contributed by atoms with Crippen LogP contribution in [0, 0.1) is 0 Å². The van der Waals surface area contributed by atoms with Crippen molar-refractivity contribution >= 4 is 50.6 Å². The van der Waals surface area contributed by atoms with Crippen LogP contribution in [0.3, 0.4) is 0 Å². The first kappa shape index (κ1) is 54.4. The smallest absolute Gasteiger partial charge is 0.327 e. The molecule has 6 amide bonds. The van der Waals surface area contributed by atoms with Crippen molar-refractivity contribution in [2.45, 2.75) is 128 Å². The first-order chi connectivity index (χ1) is 29.4. The van der Waals surface area contributed by atoms with Gasteiger partial charge < -0.3 is 68.7 Å². The first-order valence-electron chi connectivity index (χ1n) is 20.3. The number of hydrogen-bond donors (Lipinski definition) is 13. The molecule has 2 heterocycles. The first-order valence-corrected chi connectivity index (χ1v) is 23.9. The molecule has 0 radical (unpaired) electrons. The molecule has 1 unspecified atom stereocenters.